The van der Waals surface area contributed by atoms with Gasteiger partial charge in [0.05, 0.1) is 6.54 Å². The molecule has 17 heavy (non-hydrogen) atoms. The molecule has 98 valence electrons. The summed E-state index contributed by atoms with van der Waals surface area (Å²) in [6.45, 7) is 6.75. The minimum atomic E-state index is 0.263. The number of hydrogen-bond donors (Lipinski definition) is 1. The minimum absolute atomic E-state index is 0.263. The van der Waals surface area contributed by atoms with Crippen molar-refractivity contribution in [2.75, 3.05) is 19.6 Å². The lowest BCUT2D eigenvalue weighted by atomic mass is 9.97. The molecule has 2 heterocycles. The Labute approximate surface area is 104 Å². The number of likely N-dealkylation sites (tertiary alicyclic amines) is 2. The molecule has 4 nitrogen and oxygen atoms in total. The van der Waals surface area contributed by atoms with Crippen LogP contribution in [0.5, 0.6) is 0 Å². The van der Waals surface area contributed by atoms with Crippen molar-refractivity contribution in [2.45, 2.75) is 57.7 Å². The van der Waals surface area contributed by atoms with Gasteiger partial charge in [-0.1, -0.05) is 0 Å². The van der Waals surface area contributed by atoms with Crippen LogP contribution < -0.4 is 5.73 Å². The van der Waals surface area contributed by atoms with Crippen LogP contribution >= 0.6 is 0 Å². The van der Waals surface area contributed by atoms with Gasteiger partial charge in [-0.05, 0) is 39.5 Å². The standard InChI is InChI=1S/C13H25N3O/c1-10-4-3-5-11(2)16(10)13(17)9-15-7-6-12(14)8-15/h10-12H,3-9,14H2,1-2H3. The largest absolute Gasteiger partial charge is 0.336 e. The second kappa shape index (κ2) is 5.36. The molecule has 2 saturated heterocycles. The average Bonchev–Trinajstić information content (AvgIpc) is 2.63. The first kappa shape index (κ1) is 12.8. The van der Waals surface area contributed by atoms with Crippen LogP contribution in [0.4, 0.5) is 0 Å². The number of carbonyl (C=O) groups excluding carboxylic acids is 1. The van der Waals surface area contributed by atoms with Crippen molar-refractivity contribution >= 4 is 5.91 Å². The van der Waals surface area contributed by atoms with Crippen molar-refractivity contribution in [1.29, 1.82) is 0 Å². The molecular weight excluding hydrogens is 214 g/mol. The lowest BCUT2D eigenvalue weighted by Crippen LogP contribution is -2.51. The van der Waals surface area contributed by atoms with Gasteiger partial charge in [0.2, 0.25) is 5.91 Å². The monoisotopic (exact) mass is 239 g/mol. The summed E-state index contributed by atoms with van der Waals surface area (Å²) in [5, 5.41) is 0. The highest BCUT2D eigenvalue weighted by atomic mass is 16.2. The van der Waals surface area contributed by atoms with Gasteiger partial charge in [0.1, 0.15) is 0 Å². The van der Waals surface area contributed by atoms with E-state index in [4.69, 9.17) is 5.73 Å². The summed E-state index contributed by atoms with van der Waals surface area (Å²) < 4.78 is 0. The molecule has 2 N–H and O–H groups in total. The maximum Gasteiger partial charge on any atom is 0.237 e. The maximum atomic E-state index is 12.3. The van der Waals surface area contributed by atoms with Crippen molar-refractivity contribution < 1.29 is 4.79 Å². The van der Waals surface area contributed by atoms with E-state index in [0.29, 0.717) is 24.5 Å². The van der Waals surface area contributed by atoms with Crippen molar-refractivity contribution in [3.63, 3.8) is 0 Å². The molecule has 0 spiro atoms. The second-order valence-corrected chi connectivity index (χ2v) is 5.71. The topological polar surface area (TPSA) is 49.6 Å². The van der Waals surface area contributed by atoms with Gasteiger partial charge in [0.25, 0.3) is 0 Å². The zero-order valence-electron chi connectivity index (χ0n) is 11.1. The minimum Gasteiger partial charge on any atom is -0.336 e. The summed E-state index contributed by atoms with van der Waals surface area (Å²) in [7, 11) is 0. The molecule has 0 aromatic carbocycles. The van der Waals surface area contributed by atoms with Crippen LogP contribution in [-0.4, -0.2) is 53.5 Å². The highest BCUT2D eigenvalue weighted by Gasteiger charge is 2.30. The number of hydrogen-bond acceptors (Lipinski definition) is 3. The first-order chi connectivity index (χ1) is 8.08. The fourth-order valence-electron chi connectivity index (χ4n) is 3.19. The molecule has 3 unspecified atom stereocenters. The third-order valence-corrected chi connectivity index (χ3v) is 4.15. The summed E-state index contributed by atoms with van der Waals surface area (Å²) in [5.41, 5.74) is 5.87. The normalized spacial score (nSPS) is 35.2. The van der Waals surface area contributed by atoms with E-state index in [2.05, 4.69) is 23.6 Å². The molecule has 1 amide bonds. The number of rotatable bonds is 2. The third kappa shape index (κ3) is 2.99. The van der Waals surface area contributed by atoms with Crippen LogP contribution in [0.15, 0.2) is 0 Å². The molecule has 0 saturated carbocycles. The molecule has 2 aliphatic rings. The van der Waals surface area contributed by atoms with Gasteiger partial charge in [0.15, 0.2) is 0 Å². The van der Waals surface area contributed by atoms with Gasteiger partial charge in [-0.3, -0.25) is 9.69 Å². The van der Waals surface area contributed by atoms with E-state index < -0.39 is 0 Å². The predicted octanol–water partition coefficient (Wildman–Crippen LogP) is 0.809. The van der Waals surface area contributed by atoms with Crippen molar-refractivity contribution in [2.24, 2.45) is 5.73 Å². The van der Waals surface area contributed by atoms with E-state index in [1.165, 1.54) is 6.42 Å². The molecule has 2 rings (SSSR count). The third-order valence-electron chi connectivity index (χ3n) is 4.15. The van der Waals surface area contributed by atoms with Crippen LogP contribution in [0.25, 0.3) is 0 Å². The number of nitrogens with two attached hydrogens (primary N) is 1. The Kier molecular flexibility index (Phi) is 4.05. The highest BCUT2D eigenvalue weighted by molar-refractivity contribution is 5.79. The van der Waals surface area contributed by atoms with E-state index in [0.717, 1.165) is 32.4 Å². The Morgan fingerprint density at radius 1 is 1.24 bits per heavy atom. The Bertz CT molecular complexity index is 272. The molecule has 2 aliphatic heterocycles. The Morgan fingerprint density at radius 2 is 1.88 bits per heavy atom. The zero-order valence-corrected chi connectivity index (χ0v) is 11.1. The highest BCUT2D eigenvalue weighted by Crippen LogP contribution is 2.23. The SMILES string of the molecule is CC1CCCC(C)N1C(=O)CN1CCC(N)C1. The molecule has 0 bridgehead atoms. The lowest BCUT2D eigenvalue weighted by Gasteiger charge is -2.39. The van der Waals surface area contributed by atoms with E-state index in [-0.39, 0.29) is 6.04 Å². The molecule has 0 radical (unpaired) electrons. The molecule has 2 fully saturated rings. The van der Waals surface area contributed by atoms with E-state index in [9.17, 15) is 4.79 Å². The first-order valence-electron chi connectivity index (χ1n) is 6.87. The number of amides is 1. The van der Waals surface area contributed by atoms with Gasteiger partial charge in [-0.25, -0.2) is 0 Å². The fourth-order valence-corrected chi connectivity index (χ4v) is 3.19. The first-order valence-corrected chi connectivity index (χ1v) is 6.87. The van der Waals surface area contributed by atoms with Gasteiger partial charge < -0.3 is 10.6 Å². The predicted molar refractivity (Wildman–Crippen MR) is 68.7 cm³/mol. The molecule has 3 atom stereocenters. The van der Waals surface area contributed by atoms with Crippen LogP contribution in [0.2, 0.25) is 0 Å². The van der Waals surface area contributed by atoms with Crippen LogP contribution in [0.1, 0.15) is 39.5 Å². The Morgan fingerprint density at radius 3 is 2.41 bits per heavy atom. The number of piperidine rings is 1. The number of carbonyl (C=O) groups is 1. The molecule has 0 aromatic rings. The fraction of sp³-hybridized carbons (Fsp3) is 0.923. The summed E-state index contributed by atoms with van der Waals surface area (Å²) >= 11 is 0. The van der Waals surface area contributed by atoms with Crippen molar-refractivity contribution in [3.05, 3.63) is 0 Å². The van der Waals surface area contributed by atoms with E-state index in [1.807, 2.05) is 0 Å². The maximum absolute atomic E-state index is 12.3. The summed E-state index contributed by atoms with van der Waals surface area (Å²) in [5.74, 6) is 0.291. The Hall–Kier alpha value is -0.610. The van der Waals surface area contributed by atoms with E-state index in [1.54, 1.807) is 0 Å². The van der Waals surface area contributed by atoms with Crippen LogP contribution in [-0.2, 0) is 4.79 Å². The van der Waals surface area contributed by atoms with Crippen LogP contribution in [0.3, 0.4) is 0 Å². The summed E-state index contributed by atoms with van der Waals surface area (Å²) in [6, 6.07) is 1.07. The van der Waals surface area contributed by atoms with Gasteiger partial charge in [0, 0.05) is 31.2 Å². The van der Waals surface area contributed by atoms with Gasteiger partial charge in [-0.15, -0.1) is 0 Å². The smallest absolute Gasteiger partial charge is 0.237 e. The Balaban J connectivity index is 1.89. The lowest BCUT2D eigenvalue weighted by molar-refractivity contribution is -0.138. The second-order valence-electron chi connectivity index (χ2n) is 5.71. The van der Waals surface area contributed by atoms with Crippen molar-refractivity contribution in [1.82, 2.24) is 9.80 Å². The molecule has 4 heteroatoms. The molecular formula is C13H25N3O. The quantitative estimate of drug-likeness (QED) is 0.776. The van der Waals surface area contributed by atoms with E-state index >= 15 is 0 Å². The number of nitrogens with zero attached hydrogens (tertiary/aromatic N) is 2. The van der Waals surface area contributed by atoms with Crippen LogP contribution in [0, 0.1) is 0 Å². The zero-order chi connectivity index (χ0) is 12.4. The average molecular weight is 239 g/mol. The summed E-state index contributed by atoms with van der Waals surface area (Å²) in [4.78, 5) is 16.6. The van der Waals surface area contributed by atoms with Gasteiger partial charge in [-0.2, -0.15) is 0 Å². The van der Waals surface area contributed by atoms with Gasteiger partial charge >= 0.3 is 0 Å². The molecule has 0 aliphatic carbocycles. The molecule has 0 aromatic heterocycles. The van der Waals surface area contributed by atoms with Crippen molar-refractivity contribution in [3.8, 4) is 0 Å². The summed E-state index contributed by atoms with van der Waals surface area (Å²) in [6.07, 6.45) is 4.57.